The summed E-state index contributed by atoms with van der Waals surface area (Å²) in [5, 5.41) is 2.92. The number of hydrogen-bond acceptors (Lipinski definition) is 5. The minimum absolute atomic E-state index is 0.0884. The predicted octanol–water partition coefficient (Wildman–Crippen LogP) is 1.94. The fourth-order valence-corrected chi connectivity index (χ4v) is 3.48. The monoisotopic (exact) mass is 392 g/mol. The van der Waals surface area contributed by atoms with Crippen LogP contribution in [-0.4, -0.2) is 41.8 Å². The minimum atomic E-state index is -0.165. The molecule has 0 spiro atoms. The third-order valence-corrected chi connectivity index (χ3v) is 5.04. The summed E-state index contributed by atoms with van der Waals surface area (Å²) >= 11 is 0. The highest BCUT2D eigenvalue weighted by Crippen LogP contribution is 2.16. The number of carbonyl (C=O) groups excluding carboxylic acids is 1. The zero-order chi connectivity index (χ0) is 20.1. The molecule has 0 radical (unpaired) electrons. The number of benzene rings is 2. The van der Waals surface area contributed by atoms with Crippen LogP contribution in [-0.2, 0) is 22.6 Å². The molecule has 0 unspecified atom stereocenters. The van der Waals surface area contributed by atoms with Crippen LogP contribution < -0.4 is 15.8 Å². The van der Waals surface area contributed by atoms with Gasteiger partial charge in [0.1, 0.15) is 0 Å². The van der Waals surface area contributed by atoms with Gasteiger partial charge in [-0.05, 0) is 17.7 Å². The number of aromatic nitrogens is 2. The van der Waals surface area contributed by atoms with E-state index in [0.29, 0.717) is 45.2 Å². The number of anilines is 1. The van der Waals surface area contributed by atoms with E-state index in [4.69, 9.17) is 4.74 Å². The maximum absolute atomic E-state index is 13.2. The van der Waals surface area contributed by atoms with Gasteiger partial charge in [0.15, 0.2) is 5.82 Å². The van der Waals surface area contributed by atoms with E-state index in [1.165, 1.54) is 0 Å². The molecule has 0 atom stereocenters. The van der Waals surface area contributed by atoms with Gasteiger partial charge in [0.25, 0.3) is 5.56 Å². The first-order chi connectivity index (χ1) is 14.2. The predicted molar refractivity (Wildman–Crippen MR) is 112 cm³/mol. The Hall–Kier alpha value is -3.19. The summed E-state index contributed by atoms with van der Waals surface area (Å²) in [6, 6.07) is 17.3. The zero-order valence-electron chi connectivity index (χ0n) is 16.2. The third kappa shape index (κ3) is 4.46. The summed E-state index contributed by atoms with van der Waals surface area (Å²) < 4.78 is 7.05. The van der Waals surface area contributed by atoms with E-state index in [1.54, 1.807) is 4.57 Å². The quantitative estimate of drug-likeness (QED) is 0.694. The number of morpholine rings is 1. The Labute approximate surface area is 168 Å². The van der Waals surface area contributed by atoms with Crippen molar-refractivity contribution in [2.45, 2.75) is 19.5 Å². The maximum atomic E-state index is 13.2. The standard InChI is InChI=1S/C22H24N4O3/c27-20(23-16-17-6-2-1-3-7-17)10-11-26-19-9-5-4-8-18(19)24-21(22(26)28)25-12-14-29-15-13-25/h1-9H,10-16H2,(H,23,27). The topological polar surface area (TPSA) is 76.5 Å². The molecule has 150 valence electrons. The summed E-state index contributed by atoms with van der Waals surface area (Å²) in [7, 11) is 0. The number of carbonyl (C=O) groups is 1. The Balaban J connectivity index is 1.53. The van der Waals surface area contributed by atoms with Crippen molar-refractivity contribution in [2.24, 2.45) is 0 Å². The molecule has 29 heavy (non-hydrogen) atoms. The van der Waals surface area contributed by atoms with Crippen molar-refractivity contribution in [2.75, 3.05) is 31.2 Å². The Kier molecular flexibility index (Phi) is 5.86. The molecule has 1 aliphatic heterocycles. The number of nitrogens with one attached hydrogen (secondary N) is 1. The van der Waals surface area contributed by atoms with Crippen molar-refractivity contribution >= 4 is 22.8 Å². The molecule has 1 aromatic heterocycles. The van der Waals surface area contributed by atoms with Crippen LogP contribution in [0, 0.1) is 0 Å². The normalized spacial score (nSPS) is 14.1. The average Bonchev–Trinajstić information content (AvgIpc) is 2.78. The highest BCUT2D eigenvalue weighted by Gasteiger charge is 2.19. The lowest BCUT2D eigenvalue weighted by Crippen LogP contribution is -2.41. The highest BCUT2D eigenvalue weighted by molar-refractivity contribution is 5.78. The Morgan fingerprint density at radius 1 is 1.03 bits per heavy atom. The van der Waals surface area contributed by atoms with Gasteiger partial charge in [0.05, 0.1) is 24.2 Å². The smallest absolute Gasteiger partial charge is 0.294 e. The molecule has 1 amide bonds. The number of fused-ring (bicyclic) bond motifs is 1. The van der Waals surface area contributed by atoms with E-state index >= 15 is 0 Å². The van der Waals surface area contributed by atoms with Crippen molar-refractivity contribution in [1.82, 2.24) is 14.9 Å². The van der Waals surface area contributed by atoms with Crippen LogP contribution >= 0.6 is 0 Å². The second kappa shape index (κ2) is 8.87. The van der Waals surface area contributed by atoms with Crippen molar-refractivity contribution in [1.29, 1.82) is 0 Å². The summed E-state index contributed by atoms with van der Waals surface area (Å²) in [6.07, 6.45) is 0.225. The molecule has 0 bridgehead atoms. The molecule has 1 fully saturated rings. The Morgan fingerprint density at radius 2 is 1.76 bits per heavy atom. The third-order valence-electron chi connectivity index (χ3n) is 5.04. The van der Waals surface area contributed by atoms with Gasteiger partial charge >= 0.3 is 0 Å². The molecule has 1 saturated heterocycles. The van der Waals surface area contributed by atoms with E-state index in [9.17, 15) is 9.59 Å². The van der Waals surface area contributed by atoms with E-state index < -0.39 is 0 Å². The van der Waals surface area contributed by atoms with Crippen molar-refractivity contribution in [3.8, 4) is 0 Å². The van der Waals surface area contributed by atoms with E-state index in [-0.39, 0.29) is 17.9 Å². The first-order valence-corrected chi connectivity index (χ1v) is 9.85. The molecule has 2 heterocycles. The zero-order valence-corrected chi connectivity index (χ0v) is 16.2. The lowest BCUT2D eigenvalue weighted by atomic mass is 10.2. The van der Waals surface area contributed by atoms with Gasteiger partial charge in [-0.15, -0.1) is 0 Å². The molecule has 4 rings (SSSR count). The summed E-state index contributed by atoms with van der Waals surface area (Å²) in [4.78, 5) is 32.1. The highest BCUT2D eigenvalue weighted by atomic mass is 16.5. The van der Waals surface area contributed by atoms with Crippen LogP contribution in [0.4, 0.5) is 5.82 Å². The molecule has 0 saturated carbocycles. The van der Waals surface area contributed by atoms with Crippen LogP contribution in [0.25, 0.3) is 11.0 Å². The van der Waals surface area contributed by atoms with E-state index in [1.807, 2.05) is 59.5 Å². The summed E-state index contributed by atoms with van der Waals surface area (Å²) in [5.41, 5.74) is 2.37. The number of hydrogen-bond donors (Lipinski definition) is 1. The molecule has 7 heteroatoms. The SMILES string of the molecule is O=C(CCn1c(=O)c(N2CCOCC2)nc2ccccc21)NCc1ccccc1. The molecular weight excluding hydrogens is 368 g/mol. The fraction of sp³-hybridized carbons (Fsp3) is 0.318. The molecule has 0 aliphatic carbocycles. The lowest BCUT2D eigenvalue weighted by molar-refractivity contribution is -0.121. The number of aryl methyl sites for hydroxylation is 1. The molecule has 1 N–H and O–H groups in total. The Bertz CT molecular complexity index is 1040. The molecule has 2 aromatic carbocycles. The van der Waals surface area contributed by atoms with Crippen molar-refractivity contribution < 1.29 is 9.53 Å². The first kappa shape index (κ1) is 19.1. The largest absolute Gasteiger partial charge is 0.378 e. The van der Waals surface area contributed by atoms with E-state index in [0.717, 1.165) is 16.6 Å². The van der Waals surface area contributed by atoms with Crippen LogP contribution in [0.2, 0.25) is 0 Å². The lowest BCUT2D eigenvalue weighted by Gasteiger charge is -2.28. The summed E-state index contributed by atoms with van der Waals surface area (Å²) in [5.74, 6) is 0.339. The van der Waals surface area contributed by atoms with Gasteiger partial charge in [-0.3, -0.25) is 9.59 Å². The van der Waals surface area contributed by atoms with Crippen LogP contribution in [0.3, 0.4) is 0 Å². The van der Waals surface area contributed by atoms with Crippen LogP contribution in [0.5, 0.6) is 0 Å². The van der Waals surface area contributed by atoms with E-state index in [2.05, 4.69) is 10.3 Å². The van der Waals surface area contributed by atoms with Gasteiger partial charge < -0.3 is 19.5 Å². The van der Waals surface area contributed by atoms with Gasteiger partial charge in [0.2, 0.25) is 5.91 Å². The average molecular weight is 392 g/mol. The number of para-hydroxylation sites is 2. The molecular formula is C22H24N4O3. The maximum Gasteiger partial charge on any atom is 0.294 e. The minimum Gasteiger partial charge on any atom is -0.378 e. The molecule has 7 nitrogen and oxygen atoms in total. The number of ether oxygens (including phenoxy) is 1. The molecule has 3 aromatic rings. The van der Waals surface area contributed by atoms with Crippen LogP contribution in [0.15, 0.2) is 59.4 Å². The molecule has 1 aliphatic rings. The van der Waals surface area contributed by atoms with Gasteiger partial charge in [-0.2, -0.15) is 0 Å². The number of amides is 1. The van der Waals surface area contributed by atoms with Gasteiger partial charge in [-0.1, -0.05) is 42.5 Å². The van der Waals surface area contributed by atoms with Crippen molar-refractivity contribution in [3.63, 3.8) is 0 Å². The second-order valence-electron chi connectivity index (χ2n) is 6.99. The van der Waals surface area contributed by atoms with Gasteiger partial charge in [0, 0.05) is 32.6 Å². The fourth-order valence-electron chi connectivity index (χ4n) is 3.48. The number of nitrogens with zero attached hydrogens (tertiary/aromatic N) is 3. The second-order valence-corrected chi connectivity index (χ2v) is 6.99. The van der Waals surface area contributed by atoms with Crippen LogP contribution in [0.1, 0.15) is 12.0 Å². The first-order valence-electron chi connectivity index (χ1n) is 9.85. The van der Waals surface area contributed by atoms with Crippen molar-refractivity contribution in [3.05, 3.63) is 70.5 Å². The number of rotatable bonds is 6. The summed E-state index contributed by atoms with van der Waals surface area (Å²) in [6.45, 7) is 3.21. The van der Waals surface area contributed by atoms with Gasteiger partial charge in [-0.25, -0.2) is 4.98 Å². The Morgan fingerprint density at radius 3 is 2.55 bits per heavy atom.